The third-order valence-corrected chi connectivity index (χ3v) is 3.63. The molecule has 0 aliphatic rings. The third-order valence-electron chi connectivity index (χ3n) is 3.63. The molecule has 0 unspecified atom stereocenters. The van der Waals surface area contributed by atoms with Gasteiger partial charge in [0, 0.05) is 17.7 Å². The molecule has 6 heteroatoms. The summed E-state index contributed by atoms with van der Waals surface area (Å²) in [5.41, 5.74) is 2.92. The standard InChI is InChI=1S/C11H12N2O.C9H11NO2/c1-8(2)9-3-5-10(6-4-9)11-12-7-14-13-11;11-7-6-10-9(12)8-4-2-1-3-5-8/h3-8H,1-2H3;1-5,11H,6-7H2,(H,10,12). The number of nitrogens with zero attached hydrogens (tertiary/aromatic N) is 2. The van der Waals surface area contributed by atoms with Crippen molar-refractivity contribution in [2.24, 2.45) is 0 Å². The predicted molar refractivity (Wildman–Crippen MR) is 99.7 cm³/mol. The van der Waals surface area contributed by atoms with Gasteiger partial charge in [-0.25, -0.2) is 0 Å². The van der Waals surface area contributed by atoms with E-state index in [-0.39, 0.29) is 12.5 Å². The summed E-state index contributed by atoms with van der Waals surface area (Å²) >= 11 is 0. The molecule has 0 fully saturated rings. The van der Waals surface area contributed by atoms with Crippen molar-refractivity contribution in [3.63, 3.8) is 0 Å². The summed E-state index contributed by atoms with van der Waals surface area (Å²) in [6.45, 7) is 4.61. The van der Waals surface area contributed by atoms with E-state index >= 15 is 0 Å². The molecule has 1 amide bonds. The van der Waals surface area contributed by atoms with Gasteiger partial charge >= 0.3 is 0 Å². The molecule has 3 rings (SSSR count). The molecule has 0 atom stereocenters. The Morgan fingerprint density at radius 3 is 2.35 bits per heavy atom. The smallest absolute Gasteiger partial charge is 0.251 e. The molecule has 0 aliphatic heterocycles. The second-order valence-corrected chi connectivity index (χ2v) is 5.88. The lowest BCUT2D eigenvalue weighted by molar-refractivity contribution is 0.0945. The Bertz CT molecular complexity index is 770. The lowest BCUT2D eigenvalue weighted by atomic mass is 10.0. The van der Waals surface area contributed by atoms with Gasteiger partial charge in [0.1, 0.15) is 0 Å². The highest BCUT2D eigenvalue weighted by atomic mass is 16.5. The van der Waals surface area contributed by atoms with Crippen LogP contribution in [0.4, 0.5) is 0 Å². The SMILES string of the molecule is CC(C)c1ccc(-c2ncon2)cc1.O=C(NCCO)c1ccccc1. The van der Waals surface area contributed by atoms with E-state index in [0.29, 0.717) is 23.9 Å². The summed E-state index contributed by atoms with van der Waals surface area (Å²) < 4.78 is 4.69. The first-order valence-electron chi connectivity index (χ1n) is 8.42. The van der Waals surface area contributed by atoms with Crippen LogP contribution in [-0.4, -0.2) is 34.3 Å². The summed E-state index contributed by atoms with van der Waals surface area (Å²) in [7, 11) is 0. The zero-order valence-electron chi connectivity index (χ0n) is 14.9. The fourth-order valence-electron chi connectivity index (χ4n) is 2.18. The van der Waals surface area contributed by atoms with E-state index < -0.39 is 0 Å². The van der Waals surface area contributed by atoms with E-state index in [1.807, 2.05) is 18.2 Å². The fourth-order valence-corrected chi connectivity index (χ4v) is 2.18. The summed E-state index contributed by atoms with van der Waals surface area (Å²) in [6.07, 6.45) is 1.34. The highest BCUT2D eigenvalue weighted by Gasteiger charge is 2.03. The molecule has 3 aromatic rings. The Kier molecular flexibility index (Phi) is 7.51. The molecule has 0 spiro atoms. The first kappa shape index (κ1) is 19.3. The first-order valence-corrected chi connectivity index (χ1v) is 8.42. The normalized spacial score (nSPS) is 10.2. The maximum atomic E-state index is 11.2. The van der Waals surface area contributed by atoms with Crippen LogP contribution in [0, 0.1) is 0 Å². The van der Waals surface area contributed by atoms with Crippen molar-refractivity contribution in [2.75, 3.05) is 13.2 Å². The van der Waals surface area contributed by atoms with Crippen LogP contribution in [-0.2, 0) is 0 Å². The molecule has 2 N–H and O–H groups in total. The van der Waals surface area contributed by atoms with Crippen LogP contribution in [0.15, 0.2) is 65.5 Å². The Hall–Kier alpha value is -2.99. The van der Waals surface area contributed by atoms with Crippen LogP contribution < -0.4 is 5.32 Å². The molecule has 26 heavy (non-hydrogen) atoms. The van der Waals surface area contributed by atoms with Gasteiger partial charge in [0.15, 0.2) is 0 Å². The van der Waals surface area contributed by atoms with Gasteiger partial charge in [-0.05, 0) is 23.6 Å². The van der Waals surface area contributed by atoms with Crippen molar-refractivity contribution in [2.45, 2.75) is 19.8 Å². The third kappa shape index (κ3) is 5.82. The largest absolute Gasteiger partial charge is 0.395 e. The van der Waals surface area contributed by atoms with Crippen LogP contribution >= 0.6 is 0 Å². The molecule has 1 heterocycles. The van der Waals surface area contributed by atoms with Crippen LogP contribution in [0.2, 0.25) is 0 Å². The number of aliphatic hydroxyl groups is 1. The first-order chi connectivity index (χ1) is 12.6. The van der Waals surface area contributed by atoms with Crippen molar-refractivity contribution in [1.29, 1.82) is 0 Å². The minimum Gasteiger partial charge on any atom is -0.395 e. The van der Waals surface area contributed by atoms with E-state index in [1.54, 1.807) is 24.3 Å². The van der Waals surface area contributed by atoms with Gasteiger partial charge in [0.2, 0.25) is 12.2 Å². The van der Waals surface area contributed by atoms with Crippen LogP contribution in [0.25, 0.3) is 11.4 Å². The maximum Gasteiger partial charge on any atom is 0.251 e. The van der Waals surface area contributed by atoms with E-state index in [1.165, 1.54) is 12.0 Å². The Balaban J connectivity index is 0.000000190. The van der Waals surface area contributed by atoms with Crippen LogP contribution in [0.1, 0.15) is 35.7 Å². The van der Waals surface area contributed by atoms with Crippen molar-refractivity contribution >= 4 is 5.91 Å². The Morgan fingerprint density at radius 1 is 1.12 bits per heavy atom. The summed E-state index contributed by atoms with van der Waals surface area (Å²) in [5, 5.41) is 14.8. The monoisotopic (exact) mass is 353 g/mol. The minimum absolute atomic E-state index is 0.0292. The lowest BCUT2D eigenvalue weighted by Gasteiger charge is -2.04. The number of aliphatic hydroxyl groups excluding tert-OH is 1. The molecule has 2 aromatic carbocycles. The van der Waals surface area contributed by atoms with Gasteiger partial charge in [0.05, 0.1) is 6.61 Å². The summed E-state index contributed by atoms with van der Waals surface area (Å²) in [5.74, 6) is 1.04. The highest BCUT2D eigenvalue weighted by molar-refractivity contribution is 5.94. The summed E-state index contributed by atoms with van der Waals surface area (Å²) in [4.78, 5) is 15.2. The molecule has 0 saturated heterocycles. The second kappa shape index (κ2) is 10.1. The van der Waals surface area contributed by atoms with Gasteiger partial charge in [-0.1, -0.05) is 61.5 Å². The van der Waals surface area contributed by atoms with E-state index in [0.717, 1.165) is 5.56 Å². The number of rotatable bonds is 5. The lowest BCUT2D eigenvalue weighted by Crippen LogP contribution is -2.26. The zero-order valence-corrected chi connectivity index (χ0v) is 14.9. The number of nitrogens with one attached hydrogen (secondary N) is 1. The van der Waals surface area contributed by atoms with Crippen LogP contribution in [0.5, 0.6) is 0 Å². The molecule has 0 bridgehead atoms. The number of benzene rings is 2. The number of amides is 1. The van der Waals surface area contributed by atoms with Crippen molar-refractivity contribution in [1.82, 2.24) is 15.5 Å². The molecular weight excluding hydrogens is 330 g/mol. The van der Waals surface area contributed by atoms with E-state index in [9.17, 15) is 4.79 Å². The quantitative estimate of drug-likeness (QED) is 0.735. The maximum absolute atomic E-state index is 11.2. The Morgan fingerprint density at radius 2 is 1.81 bits per heavy atom. The average molecular weight is 353 g/mol. The molecule has 0 aliphatic carbocycles. The molecule has 1 aromatic heterocycles. The number of aromatic nitrogens is 2. The number of carbonyl (C=O) groups excluding carboxylic acids is 1. The zero-order chi connectivity index (χ0) is 18.8. The van der Waals surface area contributed by atoms with Gasteiger partial charge in [-0.2, -0.15) is 4.98 Å². The molecule has 0 saturated carbocycles. The van der Waals surface area contributed by atoms with Gasteiger partial charge in [-0.15, -0.1) is 0 Å². The number of hydrogen-bond acceptors (Lipinski definition) is 5. The predicted octanol–water partition coefficient (Wildman–Crippen LogP) is 3.27. The van der Waals surface area contributed by atoms with Gasteiger partial charge < -0.3 is 14.9 Å². The van der Waals surface area contributed by atoms with E-state index in [4.69, 9.17) is 5.11 Å². The molecule has 136 valence electrons. The van der Waals surface area contributed by atoms with Crippen molar-refractivity contribution < 1.29 is 14.4 Å². The van der Waals surface area contributed by atoms with Crippen molar-refractivity contribution in [3.05, 3.63) is 72.1 Å². The van der Waals surface area contributed by atoms with Crippen molar-refractivity contribution in [3.8, 4) is 11.4 Å². The number of hydrogen-bond donors (Lipinski definition) is 2. The number of carbonyl (C=O) groups is 1. The van der Waals surface area contributed by atoms with Crippen LogP contribution in [0.3, 0.4) is 0 Å². The summed E-state index contributed by atoms with van der Waals surface area (Å²) in [6, 6.07) is 17.1. The molecular formula is C20H23N3O3. The highest BCUT2D eigenvalue weighted by Crippen LogP contribution is 2.19. The van der Waals surface area contributed by atoms with E-state index in [2.05, 4.69) is 46.0 Å². The van der Waals surface area contributed by atoms with Gasteiger partial charge in [0.25, 0.3) is 5.91 Å². The van der Waals surface area contributed by atoms with Gasteiger partial charge in [-0.3, -0.25) is 4.79 Å². The fraction of sp³-hybridized carbons (Fsp3) is 0.250. The minimum atomic E-state index is -0.148. The Labute approximate surface area is 152 Å². The average Bonchev–Trinajstić information content (AvgIpc) is 3.22. The molecule has 6 nitrogen and oxygen atoms in total. The molecule has 0 radical (unpaired) electrons. The topological polar surface area (TPSA) is 88.2 Å². The second-order valence-electron chi connectivity index (χ2n) is 5.88.